The Balaban J connectivity index is 2.40. The molecule has 0 heterocycles. The Labute approximate surface area is 31.2 Å². The van der Waals surface area contributed by atoms with Gasteiger partial charge in [-0.15, -0.1) is 6.58 Å². The van der Waals surface area contributed by atoms with Crippen molar-refractivity contribution >= 4 is 0 Å². The van der Waals surface area contributed by atoms with Crippen molar-refractivity contribution in [1.82, 2.24) is 0 Å². The Bertz CT molecular complexity index is 28.1. The Morgan fingerprint density at radius 3 is 2.60 bits per heavy atom. The van der Waals surface area contributed by atoms with E-state index in [1.807, 2.05) is 0 Å². The van der Waals surface area contributed by atoms with Gasteiger partial charge in [0.25, 0.3) is 0 Å². The van der Waals surface area contributed by atoms with Crippen LogP contribution in [0.3, 0.4) is 0 Å². The number of rotatable bonds is 2. The largest absolute Gasteiger partial charge is 0.212 e. The third kappa shape index (κ3) is 3.66. The highest BCUT2D eigenvalue weighted by Crippen LogP contribution is 1.54. The molecule has 0 aliphatic heterocycles. The predicted molar refractivity (Wildman–Crippen MR) is 19.0 cm³/mol. The average Bonchev–Trinajstić information content (AvgIpc) is 1.41. The van der Waals surface area contributed by atoms with Crippen molar-refractivity contribution in [3.63, 3.8) is 0 Å². The van der Waals surface area contributed by atoms with E-state index in [0.29, 0.717) is 6.61 Å². The van der Waals surface area contributed by atoms with Crippen LogP contribution in [0.15, 0.2) is 12.7 Å². The maximum Gasteiger partial charge on any atom is 0.124 e. The minimum atomic E-state index is 0.542. The van der Waals surface area contributed by atoms with E-state index in [1.165, 1.54) is 0 Å². The Morgan fingerprint density at radius 1 is 2.00 bits per heavy atom. The first-order valence-electron chi connectivity index (χ1n) is 1.39. The second-order valence-corrected chi connectivity index (χ2v) is 0.659. The zero-order chi connectivity index (χ0) is 4.12. The number of quaternary nitrogens is 1. The summed E-state index contributed by atoms with van der Waals surface area (Å²) in [5.41, 5.74) is 0. The lowest BCUT2D eigenvalue weighted by molar-refractivity contribution is -0.686. The van der Waals surface area contributed by atoms with Gasteiger partial charge in [-0.2, -0.15) is 0 Å². The topological polar surface area (TPSA) is 36.9 Å². The van der Waals surface area contributed by atoms with Gasteiger partial charge in [0.15, 0.2) is 0 Å². The van der Waals surface area contributed by atoms with Crippen molar-refractivity contribution in [1.29, 1.82) is 0 Å². The van der Waals surface area contributed by atoms with Crippen LogP contribution in [0.2, 0.25) is 0 Å². The lowest BCUT2D eigenvalue weighted by Crippen LogP contribution is -2.48. The Morgan fingerprint density at radius 2 is 2.60 bits per heavy atom. The third-order valence-corrected chi connectivity index (χ3v) is 0.236. The van der Waals surface area contributed by atoms with Gasteiger partial charge in [0.1, 0.15) is 6.61 Å². The summed E-state index contributed by atoms with van der Waals surface area (Å²) in [7, 11) is 0. The molecule has 0 saturated carbocycles. The molecule has 0 amide bonds. The van der Waals surface area contributed by atoms with Gasteiger partial charge in [-0.05, 0) is 0 Å². The highest BCUT2D eigenvalue weighted by molar-refractivity contribution is 4.61. The van der Waals surface area contributed by atoms with Crippen LogP contribution in [0.4, 0.5) is 0 Å². The smallest absolute Gasteiger partial charge is 0.124 e. The number of hydrogen-bond acceptors (Lipinski definition) is 1. The first-order valence-corrected chi connectivity index (χ1v) is 1.39. The van der Waals surface area contributed by atoms with Crippen LogP contribution >= 0.6 is 0 Å². The predicted octanol–water partition coefficient (Wildman–Crippen LogP) is -0.654. The van der Waals surface area contributed by atoms with E-state index < -0.39 is 0 Å². The van der Waals surface area contributed by atoms with Crippen LogP contribution in [0.25, 0.3) is 0 Å². The van der Waals surface area contributed by atoms with E-state index >= 15 is 0 Å². The molecule has 0 unspecified atom stereocenters. The summed E-state index contributed by atoms with van der Waals surface area (Å²) >= 11 is 0. The van der Waals surface area contributed by atoms with Gasteiger partial charge >= 0.3 is 0 Å². The molecule has 0 saturated heterocycles. The third-order valence-electron chi connectivity index (χ3n) is 0.236. The van der Waals surface area contributed by atoms with E-state index in [2.05, 4.69) is 17.3 Å². The quantitative estimate of drug-likeness (QED) is 0.343. The zero-order valence-corrected chi connectivity index (χ0v) is 3.11. The maximum atomic E-state index is 4.32. The van der Waals surface area contributed by atoms with Gasteiger partial charge in [-0.25, -0.2) is 10.7 Å². The van der Waals surface area contributed by atoms with Crippen LogP contribution in [0.5, 0.6) is 0 Å². The van der Waals surface area contributed by atoms with E-state index in [9.17, 15) is 0 Å². The van der Waals surface area contributed by atoms with Crippen LogP contribution < -0.4 is 5.90 Å². The SMILES string of the molecule is C=CCO[NH3+]. The molecule has 0 aliphatic carbocycles. The van der Waals surface area contributed by atoms with Crippen LogP contribution in [-0.2, 0) is 4.84 Å². The molecule has 0 fully saturated rings. The Kier molecular flexibility index (Phi) is 3.41. The second-order valence-electron chi connectivity index (χ2n) is 0.659. The van der Waals surface area contributed by atoms with E-state index in [4.69, 9.17) is 0 Å². The lowest BCUT2D eigenvalue weighted by Gasteiger charge is -1.74. The van der Waals surface area contributed by atoms with Gasteiger partial charge in [-0.3, -0.25) is 0 Å². The maximum absolute atomic E-state index is 4.32. The summed E-state index contributed by atoms with van der Waals surface area (Å²) in [5, 5.41) is 0. The van der Waals surface area contributed by atoms with E-state index in [1.54, 1.807) is 6.08 Å². The van der Waals surface area contributed by atoms with Gasteiger partial charge in [0.05, 0.1) is 0 Å². The molecule has 0 rings (SSSR count). The highest BCUT2D eigenvalue weighted by atomic mass is 16.6. The second kappa shape index (κ2) is 3.66. The molecule has 0 bridgehead atoms. The summed E-state index contributed by atoms with van der Waals surface area (Å²) in [4.78, 5) is 4.32. The average molecular weight is 74.1 g/mol. The fraction of sp³-hybridized carbons (Fsp3) is 0.333. The molecule has 2 nitrogen and oxygen atoms in total. The fourth-order valence-electron chi connectivity index (χ4n) is 0.0833. The molecule has 30 valence electrons. The van der Waals surface area contributed by atoms with Gasteiger partial charge in [0, 0.05) is 0 Å². The van der Waals surface area contributed by atoms with Crippen molar-refractivity contribution in [2.45, 2.75) is 0 Å². The van der Waals surface area contributed by atoms with Gasteiger partial charge in [0.2, 0.25) is 0 Å². The summed E-state index contributed by atoms with van der Waals surface area (Å²) < 4.78 is 0. The summed E-state index contributed by atoms with van der Waals surface area (Å²) in [6.45, 7) is 3.93. The summed E-state index contributed by atoms with van der Waals surface area (Å²) in [5.74, 6) is 3.10. The highest BCUT2D eigenvalue weighted by Gasteiger charge is 1.62. The first-order chi connectivity index (χ1) is 2.41. The molecule has 0 radical (unpaired) electrons. The van der Waals surface area contributed by atoms with Gasteiger partial charge < -0.3 is 0 Å². The summed E-state index contributed by atoms with van der Waals surface area (Å²) in [6, 6.07) is 0. The van der Waals surface area contributed by atoms with E-state index in [0.717, 1.165) is 0 Å². The molecule has 0 aromatic rings. The molecular formula is C3H8NO+. The molecule has 2 heteroatoms. The molecule has 0 aromatic heterocycles. The monoisotopic (exact) mass is 74.1 g/mol. The van der Waals surface area contributed by atoms with Crippen LogP contribution in [0.1, 0.15) is 0 Å². The minimum Gasteiger partial charge on any atom is -0.212 e. The molecular weight excluding hydrogens is 66.0 g/mol. The molecule has 0 aromatic carbocycles. The summed E-state index contributed by atoms with van der Waals surface area (Å²) in [6.07, 6.45) is 1.65. The lowest BCUT2D eigenvalue weighted by atomic mass is 10.7. The van der Waals surface area contributed by atoms with Crippen LogP contribution in [0, 0.1) is 0 Å². The van der Waals surface area contributed by atoms with E-state index in [-0.39, 0.29) is 0 Å². The van der Waals surface area contributed by atoms with Crippen molar-refractivity contribution in [2.75, 3.05) is 6.61 Å². The van der Waals surface area contributed by atoms with Gasteiger partial charge in [-0.1, -0.05) is 6.08 Å². The molecule has 0 aliphatic rings. The molecule has 5 heavy (non-hydrogen) atoms. The van der Waals surface area contributed by atoms with Crippen LogP contribution in [-0.4, -0.2) is 6.61 Å². The van der Waals surface area contributed by atoms with Crippen molar-refractivity contribution in [3.8, 4) is 0 Å². The Hall–Kier alpha value is -0.340. The first kappa shape index (κ1) is 4.66. The van der Waals surface area contributed by atoms with Crippen molar-refractivity contribution < 1.29 is 10.7 Å². The standard InChI is InChI=1S/C3H8NO/c1-2-3-5-4/h2H,1,3H2,4H3/q+1. The fourth-order valence-corrected chi connectivity index (χ4v) is 0.0833. The zero-order valence-electron chi connectivity index (χ0n) is 3.11. The van der Waals surface area contributed by atoms with Crippen molar-refractivity contribution in [3.05, 3.63) is 12.7 Å². The minimum absolute atomic E-state index is 0.542. The van der Waals surface area contributed by atoms with Crippen molar-refractivity contribution in [2.24, 2.45) is 0 Å². The number of hydrogen-bond donors (Lipinski definition) is 1. The molecule has 0 spiro atoms. The molecule has 3 N–H and O–H groups in total. The normalized spacial score (nSPS) is 7.40. The molecule has 0 atom stereocenters.